The molecule has 0 unspecified atom stereocenters. The van der Waals surface area contributed by atoms with Gasteiger partial charge in [-0.25, -0.2) is 4.39 Å². The summed E-state index contributed by atoms with van der Waals surface area (Å²) in [4.78, 5) is 4.74. The fourth-order valence-corrected chi connectivity index (χ4v) is 3.52. The second-order valence-electron chi connectivity index (χ2n) is 6.24. The number of anilines is 1. The van der Waals surface area contributed by atoms with Crippen molar-refractivity contribution in [2.75, 3.05) is 11.4 Å². The van der Waals surface area contributed by atoms with Crippen LogP contribution in [0, 0.1) is 5.82 Å². The molecule has 0 fully saturated rings. The normalized spacial score (nSPS) is 19.5. The highest BCUT2D eigenvalue weighted by molar-refractivity contribution is 5.57. The SMILES string of the molecule is CC[C@H](C)N1Cc2ccccc2N(CC)[C@@H]1c1ccccc1F. The molecule has 2 nitrogen and oxygen atoms in total. The number of fused-ring (bicyclic) bond motifs is 1. The third-order valence-electron chi connectivity index (χ3n) is 4.94. The van der Waals surface area contributed by atoms with Gasteiger partial charge in [0.05, 0.1) is 0 Å². The van der Waals surface area contributed by atoms with Gasteiger partial charge in [0.25, 0.3) is 0 Å². The molecule has 0 radical (unpaired) electrons. The molecule has 0 spiro atoms. The van der Waals surface area contributed by atoms with Crippen LogP contribution >= 0.6 is 0 Å². The fourth-order valence-electron chi connectivity index (χ4n) is 3.52. The second kappa shape index (κ2) is 6.71. The molecule has 2 aromatic rings. The smallest absolute Gasteiger partial charge is 0.129 e. The zero-order valence-electron chi connectivity index (χ0n) is 14.2. The van der Waals surface area contributed by atoms with E-state index < -0.39 is 0 Å². The zero-order valence-corrected chi connectivity index (χ0v) is 14.2. The van der Waals surface area contributed by atoms with E-state index in [1.807, 2.05) is 12.1 Å². The predicted molar refractivity (Wildman–Crippen MR) is 93.9 cm³/mol. The van der Waals surface area contributed by atoms with Crippen molar-refractivity contribution in [3.63, 3.8) is 0 Å². The van der Waals surface area contributed by atoms with Crippen LogP contribution in [-0.2, 0) is 6.54 Å². The Morgan fingerprint density at radius 1 is 1.09 bits per heavy atom. The highest BCUT2D eigenvalue weighted by Gasteiger charge is 2.35. The van der Waals surface area contributed by atoms with Crippen molar-refractivity contribution in [3.05, 3.63) is 65.5 Å². The molecule has 1 aliphatic heterocycles. The Bertz CT molecular complexity index is 670. The molecular formula is C20H25FN2. The highest BCUT2D eigenvalue weighted by atomic mass is 19.1. The van der Waals surface area contributed by atoms with Gasteiger partial charge in [-0.1, -0.05) is 43.3 Å². The van der Waals surface area contributed by atoms with Crippen molar-refractivity contribution in [3.8, 4) is 0 Å². The predicted octanol–water partition coefficient (Wildman–Crippen LogP) is 4.96. The lowest BCUT2D eigenvalue weighted by atomic mass is 9.99. The summed E-state index contributed by atoms with van der Waals surface area (Å²) in [5, 5.41) is 0. The van der Waals surface area contributed by atoms with E-state index in [0.717, 1.165) is 25.1 Å². The summed E-state index contributed by atoms with van der Waals surface area (Å²) < 4.78 is 14.5. The van der Waals surface area contributed by atoms with Crippen molar-refractivity contribution >= 4 is 5.69 Å². The minimum Gasteiger partial charge on any atom is -0.352 e. The van der Waals surface area contributed by atoms with E-state index in [9.17, 15) is 4.39 Å². The first kappa shape index (κ1) is 16.0. The second-order valence-corrected chi connectivity index (χ2v) is 6.24. The molecule has 0 aliphatic carbocycles. The standard InChI is InChI=1S/C20H25FN2/c1-4-15(3)23-14-16-10-6-9-13-19(16)22(5-2)20(23)17-11-7-8-12-18(17)21/h6-13,15,20H,4-5,14H2,1-3H3/t15-,20-/m0/s1. The van der Waals surface area contributed by atoms with E-state index in [2.05, 4.69) is 54.8 Å². The quantitative estimate of drug-likeness (QED) is 0.787. The molecule has 122 valence electrons. The average Bonchev–Trinajstić information content (AvgIpc) is 2.60. The molecule has 3 heteroatoms. The molecule has 0 aromatic heterocycles. The number of para-hydroxylation sites is 1. The number of nitrogens with zero attached hydrogens (tertiary/aromatic N) is 2. The van der Waals surface area contributed by atoms with Gasteiger partial charge >= 0.3 is 0 Å². The van der Waals surface area contributed by atoms with E-state index in [4.69, 9.17) is 0 Å². The van der Waals surface area contributed by atoms with Gasteiger partial charge in [-0.2, -0.15) is 0 Å². The summed E-state index contributed by atoms with van der Waals surface area (Å²) >= 11 is 0. The van der Waals surface area contributed by atoms with Crippen LogP contribution in [0.25, 0.3) is 0 Å². The van der Waals surface area contributed by atoms with Crippen LogP contribution in [0.2, 0.25) is 0 Å². The zero-order chi connectivity index (χ0) is 16.4. The molecule has 0 bridgehead atoms. The fraction of sp³-hybridized carbons (Fsp3) is 0.400. The number of hydrogen-bond donors (Lipinski definition) is 0. The summed E-state index contributed by atoms with van der Waals surface area (Å²) in [6.07, 6.45) is 0.996. The van der Waals surface area contributed by atoms with Crippen LogP contribution in [0.15, 0.2) is 48.5 Å². The van der Waals surface area contributed by atoms with Crippen molar-refractivity contribution in [1.82, 2.24) is 4.90 Å². The van der Waals surface area contributed by atoms with Gasteiger partial charge in [0.1, 0.15) is 12.0 Å². The van der Waals surface area contributed by atoms with Crippen molar-refractivity contribution in [2.45, 2.75) is 45.9 Å². The Hall–Kier alpha value is -1.87. The van der Waals surface area contributed by atoms with Crippen molar-refractivity contribution in [1.29, 1.82) is 0 Å². The Balaban J connectivity index is 2.14. The lowest BCUT2D eigenvalue weighted by molar-refractivity contribution is 0.114. The highest BCUT2D eigenvalue weighted by Crippen LogP contribution is 2.40. The molecule has 1 heterocycles. The summed E-state index contributed by atoms with van der Waals surface area (Å²) in [6.45, 7) is 8.28. The van der Waals surface area contributed by atoms with E-state index in [1.54, 1.807) is 12.1 Å². The van der Waals surface area contributed by atoms with Crippen LogP contribution in [-0.4, -0.2) is 17.5 Å². The van der Waals surface area contributed by atoms with E-state index in [1.165, 1.54) is 11.3 Å². The Morgan fingerprint density at radius 2 is 1.78 bits per heavy atom. The number of halogens is 1. The maximum Gasteiger partial charge on any atom is 0.129 e. The first-order chi connectivity index (χ1) is 11.2. The van der Waals surface area contributed by atoms with Gasteiger partial charge in [0.2, 0.25) is 0 Å². The Labute approximate surface area is 138 Å². The van der Waals surface area contributed by atoms with Crippen molar-refractivity contribution < 1.29 is 4.39 Å². The largest absolute Gasteiger partial charge is 0.352 e. The first-order valence-electron chi connectivity index (χ1n) is 8.52. The Morgan fingerprint density at radius 3 is 2.48 bits per heavy atom. The summed E-state index contributed by atoms with van der Waals surface area (Å²) in [5.74, 6) is -0.122. The van der Waals surface area contributed by atoms with Crippen LogP contribution < -0.4 is 4.90 Å². The summed E-state index contributed by atoms with van der Waals surface area (Å²) in [7, 11) is 0. The molecule has 0 saturated carbocycles. The topological polar surface area (TPSA) is 6.48 Å². The van der Waals surface area contributed by atoms with Crippen LogP contribution in [0.3, 0.4) is 0 Å². The van der Waals surface area contributed by atoms with Gasteiger partial charge in [-0.15, -0.1) is 0 Å². The van der Waals surface area contributed by atoms with Crippen LogP contribution in [0.1, 0.15) is 44.5 Å². The molecule has 0 saturated heterocycles. The maximum atomic E-state index is 14.5. The molecular weight excluding hydrogens is 287 g/mol. The van der Waals surface area contributed by atoms with Crippen LogP contribution in [0.4, 0.5) is 10.1 Å². The lowest BCUT2D eigenvalue weighted by Gasteiger charge is -2.48. The van der Waals surface area contributed by atoms with Gasteiger partial charge in [0.15, 0.2) is 0 Å². The molecule has 2 atom stereocenters. The molecule has 3 rings (SSSR count). The lowest BCUT2D eigenvalue weighted by Crippen LogP contribution is -2.49. The van der Waals surface area contributed by atoms with Crippen molar-refractivity contribution in [2.24, 2.45) is 0 Å². The Kier molecular flexibility index (Phi) is 4.67. The van der Waals surface area contributed by atoms with E-state index in [0.29, 0.717) is 6.04 Å². The van der Waals surface area contributed by atoms with E-state index in [-0.39, 0.29) is 12.0 Å². The number of rotatable bonds is 4. The van der Waals surface area contributed by atoms with E-state index >= 15 is 0 Å². The molecule has 23 heavy (non-hydrogen) atoms. The number of benzene rings is 2. The number of hydrogen-bond acceptors (Lipinski definition) is 2. The first-order valence-corrected chi connectivity index (χ1v) is 8.52. The minimum atomic E-state index is -0.122. The maximum absolute atomic E-state index is 14.5. The molecule has 0 N–H and O–H groups in total. The average molecular weight is 312 g/mol. The van der Waals surface area contributed by atoms with Gasteiger partial charge in [-0.3, -0.25) is 4.90 Å². The van der Waals surface area contributed by atoms with Gasteiger partial charge < -0.3 is 4.90 Å². The van der Waals surface area contributed by atoms with Gasteiger partial charge in [-0.05, 0) is 38.0 Å². The summed E-state index contributed by atoms with van der Waals surface area (Å²) in [6, 6.07) is 16.1. The minimum absolute atomic E-state index is 0.0500. The molecule has 1 aliphatic rings. The molecule has 2 aromatic carbocycles. The third-order valence-corrected chi connectivity index (χ3v) is 4.94. The summed E-state index contributed by atoms with van der Waals surface area (Å²) in [5.41, 5.74) is 3.31. The van der Waals surface area contributed by atoms with Gasteiger partial charge in [0, 0.05) is 30.4 Å². The third kappa shape index (κ3) is 2.86. The van der Waals surface area contributed by atoms with Crippen LogP contribution in [0.5, 0.6) is 0 Å². The monoisotopic (exact) mass is 312 g/mol. The molecule has 0 amide bonds.